The van der Waals surface area contributed by atoms with Crippen molar-refractivity contribution >= 4 is 0 Å². The van der Waals surface area contributed by atoms with Gasteiger partial charge in [0.25, 0.3) is 0 Å². The molecule has 0 radical (unpaired) electrons. The number of aromatic nitrogens is 2. The number of hydrogen-bond donors (Lipinski definition) is 1. The first-order valence-corrected chi connectivity index (χ1v) is 6.34. The summed E-state index contributed by atoms with van der Waals surface area (Å²) in [4.78, 5) is 0. The molecule has 108 valence electrons. The summed E-state index contributed by atoms with van der Waals surface area (Å²) in [5.74, 6) is -0.898. The molecule has 0 atom stereocenters. The second-order valence-electron chi connectivity index (χ2n) is 5.62. The van der Waals surface area contributed by atoms with E-state index >= 15 is 0 Å². The van der Waals surface area contributed by atoms with E-state index in [1.165, 1.54) is 6.07 Å². The first-order chi connectivity index (χ1) is 9.33. The Labute approximate surface area is 116 Å². The lowest BCUT2D eigenvalue weighted by Crippen LogP contribution is -2.35. The number of nitrogens with zero attached hydrogens (tertiary/aromatic N) is 2. The Bertz CT molecular complexity index is 590. The molecule has 1 N–H and O–H groups in total. The highest BCUT2D eigenvalue weighted by Gasteiger charge is 2.13. The highest BCUT2D eigenvalue weighted by Crippen LogP contribution is 2.13. The Morgan fingerprint density at radius 3 is 2.45 bits per heavy atom. The smallest absolute Gasteiger partial charge is 0.230 e. The lowest BCUT2D eigenvalue weighted by Gasteiger charge is -2.18. The van der Waals surface area contributed by atoms with Gasteiger partial charge in [-0.3, -0.25) is 0 Å². The van der Waals surface area contributed by atoms with Gasteiger partial charge in [-0.15, -0.1) is 10.2 Å². The lowest BCUT2D eigenvalue weighted by atomic mass is 10.1. The van der Waals surface area contributed by atoms with E-state index in [1.54, 1.807) is 0 Å². The van der Waals surface area contributed by atoms with E-state index in [0.29, 0.717) is 23.9 Å². The van der Waals surface area contributed by atoms with Crippen LogP contribution in [-0.4, -0.2) is 15.7 Å². The molecule has 0 aliphatic heterocycles. The normalized spacial score (nSPS) is 11.8. The van der Waals surface area contributed by atoms with Gasteiger partial charge in [0.1, 0.15) is 0 Å². The summed E-state index contributed by atoms with van der Waals surface area (Å²) in [5.41, 5.74) is 0.539. The number of rotatable bonds is 4. The lowest BCUT2D eigenvalue weighted by molar-refractivity contribution is 0.372. The van der Waals surface area contributed by atoms with E-state index in [4.69, 9.17) is 4.42 Å². The quantitative estimate of drug-likeness (QED) is 0.936. The summed E-state index contributed by atoms with van der Waals surface area (Å²) in [5, 5.41) is 11.0. The molecule has 0 aliphatic carbocycles. The van der Waals surface area contributed by atoms with Gasteiger partial charge in [0.05, 0.1) is 13.0 Å². The van der Waals surface area contributed by atoms with Crippen molar-refractivity contribution in [1.29, 1.82) is 0 Å². The molecule has 0 saturated carbocycles. The third-order valence-electron chi connectivity index (χ3n) is 2.62. The van der Waals surface area contributed by atoms with Crippen molar-refractivity contribution < 1.29 is 13.2 Å². The van der Waals surface area contributed by atoms with Crippen molar-refractivity contribution in [3.05, 3.63) is 47.2 Å². The summed E-state index contributed by atoms with van der Waals surface area (Å²) in [6.07, 6.45) is 0.277. The molecule has 0 saturated heterocycles. The molecule has 0 amide bonds. The Balaban J connectivity index is 2.00. The van der Waals surface area contributed by atoms with Crippen LogP contribution >= 0.6 is 0 Å². The van der Waals surface area contributed by atoms with Crippen LogP contribution in [0, 0.1) is 11.6 Å². The van der Waals surface area contributed by atoms with Crippen LogP contribution in [0.4, 0.5) is 8.78 Å². The van der Waals surface area contributed by atoms with Crippen LogP contribution in [0.5, 0.6) is 0 Å². The van der Waals surface area contributed by atoms with E-state index in [0.717, 1.165) is 12.1 Å². The molecule has 2 rings (SSSR count). The predicted molar refractivity (Wildman–Crippen MR) is 70.1 cm³/mol. The molecular formula is C14H17F2N3O. The molecule has 0 fully saturated rings. The van der Waals surface area contributed by atoms with Crippen LogP contribution in [0.1, 0.15) is 38.1 Å². The third-order valence-corrected chi connectivity index (χ3v) is 2.62. The largest absolute Gasteiger partial charge is 0.424 e. The standard InChI is InChI=1S/C14H17F2N3O/c1-14(2,3)17-8-13-19-18-12(20-13)7-9-4-5-10(15)11(16)6-9/h4-6,17H,7-8H2,1-3H3. The molecule has 0 bridgehead atoms. The van der Waals surface area contributed by atoms with Gasteiger partial charge in [0.2, 0.25) is 11.8 Å². The first-order valence-electron chi connectivity index (χ1n) is 6.34. The van der Waals surface area contributed by atoms with Gasteiger partial charge in [-0.25, -0.2) is 8.78 Å². The van der Waals surface area contributed by atoms with Crippen molar-refractivity contribution in [3.63, 3.8) is 0 Å². The zero-order valence-electron chi connectivity index (χ0n) is 11.7. The summed E-state index contributed by atoms with van der Waals surface area (Å²) in [7, 11) is 0. The van der Waals surface area contributed by atoms with Crippen molar-refractivity contribution in [2.45, 2.75) is 39.3 Å². The van der Waals surface area contributed by atoms with Crippen molar-refractivity contribution in [2.75, 3.05) is 0 Å². The van der Waals surface area contributed by atoms with Crippen LogP contribution in [0.2, 0.25) is 0 Å². The van der Waals surface area contributed by atoms with Crippen molar-refractivity contribution in [2.24, 2.45) is 0 Å². The second kappa shape index (κ2) is 5.66. The third kappa shape index (κ3) is 4.09. The number of benzene rings is 1. The second-order valence-corrected chi connectivity index (χ2v) is 5.62. The molecule has 1 heterocycles. The molecular weight excluding hydrogens is 264 g/mol. The highest BCUT2D eigenvalue weighted by atomic mass is 19.2. The fourth-order valence-corrected chi connectivity index (χ4v) is 1.60. The van der Waals surface area contributed by atoms with Crippen LogP contribution < -0.4 is 5.32 Å². The van der Waals surface area contributed by atoms with E-state index in [2.05, 4.69) is 15.5 Å². The first kappa shape index (κ1) is 14.6. The monoisotopic (exact) mass is 281 g/mol. The number of hydrogen-bond acceptors (Lipinski definition) is 4. The van der Waals surface area contributed by atoms with Crippen LogP contribution in [0.25, 0.3) is 0 Å². The molecule has 2 aromatic rings. The Hall–Kier alpha value is -1.82. The van der Waals surface area contributed by atoms with Crippen molar-refractivity contribution in [1.82, 2.24) is 15.5 Å². The molecule has 0 spiro atoms. The van der Waals surface area contributed by atoms with E-state index in [1.807, 2.05) is 20.8 Å². The molecule has 0 unspecified atom stereocenters. The van der Waals surface area contributed by atoms with Gasteiger partial charge in [-0.1, -0.05) is 6.07 Å². The molecule has 6 heteroatoms. The maximum atomic E-state index is 13.1. The minimum absolute atomic E-state index is 0.0469. The molecule has 0 aliphatic rings. The zero-order valence-corrected chi connectivity index (χ0v) is 11.7. The molecule has 4 nitrogen and oxygen atoms in total. The fraction of sp³-hybridized carbons (Fsp3) is 0.429. The average Bonchev–Trinajstić information content (AvgIpc) is 2.78. The van der Waals surface area contributed by atoms with E-state index in [-0.39, 0.29) is 12.0 Å². The Morgan fingerprint density at radius 2 is 1.80 bits per heavy atom. The maximum absolute atomic E-state index is 13.1. The average molecular weight is 281 g/mol. The highest BCUT2D eigenvalue weighted by molar-refractivity contribution is 5.20. The van der Waals surface area contributed by atoms with E-state index < -0.39 is 11.6 Å². The topological polar surface area (TPSA) is 51.0 Å². The molecule has 1 aromatic heterocycles. The van der Waals surface area contributed by atoms with Gasteiger partial charge < -0.3 is 9.73 Å². The van der Waals surface area contributed by atoms with Gasteiger partial charge in [-0.05, 0) is 38.5 Å². The SMILES string of the molecule is CC(C)(C)NCc1nnc(Cc2ccc(F)c(F)c2)o1. The number of halogens is 2. The summed E-state index contributed by atoms with van der Waals surface area (Å²) < 4.78 is 31.4. The fourth-order valence-electron chi connectivity index (χ4n) is 1.60. The Kier molecular flexibility index (Phi) is 4.13. The maximum Gasteiger partial charge on any atom is 0.230 e. The van der Waals surface area contributed by atoms with Crippen LogP contribution in [-0.2, 0) is 13.0 Å². The van der Waals surface area contributed by atoms with Gasteiger partial charge in [0.15, 0.2) is 11.6 Å². The summed E-state index contributed by atoms with van der Waals surface area (Å²) in [6.45, 7) is 6.57. The molecule has 1 aromatic carbocycles. The van der Waals surface area contributed by atoms with E-state index in [9.17, 15) is 8.78 Å². The Morgan fingerprint density at radius 1 is 1.10 bits per heavy atom. The number of nitrogens with one attached hydrogen (secondary N) is 1. The molecule has 20 heavy (non-hydrogen) atoms. The van der Waals surface area contributed by atoms with Crippen molar-refractivity contribution in [3.8, 4) is 0 Å². The minimum atomic E-state index is -0.878. The van der Waals surface area contributed by atoms with Crippen LogP contribution in [0.3, 0.4) is 0 Å². The minimum Gasteiger partial charge on any atom is -0.424 e. The zero-order chi connectivity index (χ0) is 14.8. The summed E-state index contributed by atoms with van der Waals surface area (Å²) >= 11 is 0. The van der Waals surface area contributed by atoms with Gasteiger partial charge >= 0.3 is 0 Å². The van der Waals surface area contributed by atoms with Gasteiger partial charge in [-0.2, -0.15) is 0 Å². The van der Waals surface area contributed by atoms with Gasteiger partial charge in [0, 0.05) is 5.54 Å². The van der Waals surface area contributed by atoms with Crippen LogP contribution in [0.15, 0.2) is 22.6 Å². The summed E-state index contributed by atoms with van der Waals surface area (Å²) in [6, 6.07) is 3.71. The predicted octanol–water partition coefficient (Wildman–Crippen LogP) is 2.83.